The lowest BCUT2D eigenvalue weighted by atomic mass is 10.0. The fraction of sp³-hybridized carbons (Fsp3) is 0.556. The number of pyridine rings is 1. The SMILES string of the molecule is CC(C)(C)OC(=O)NCCc1cccc(CCc2cccc(CO[Si](C)(C)C(C)(C)C)n2)c1. The number of hydrogen-bond acceptors (Lipinski definition) is 4. The van der Waals surface area contributed by atoms with Crippen LogP contribution in [0.4, 0.5) is 4.79 Å². The summed E-state index contributed by atoms with van der Waals surface area (Å²) in [5.41, 5.74) is 4.08. The molecule has 33 heavy (non-hydrogen) atoms. The van der Waals surface area contributed by atoms with Gasteiger partial charge in [-0.3, -0.25) is 4.98 Å². The van der Waals surface area contributed by atoms with E-state index in [4.69, 9.17) is 14.1 Å². The number of ether oxygens (including phenoxy) is 1. The Morgan fingerprint density at radius 3 is 2.15 bits per heavy atom. The van der Waals surface area contributed by atoms with Crippen LogP contribution in [0.5, 0.6) is 0 Å². The first kappa shape index (κ1) is 27.1. The number of aromatic nitrogens is 1. The zero-order valence-electron chi connectivity index (χ0n) is 21.7. The van der Waals surface area contributed by atoms with Crippen molar-refractivity contribution in [3.63, 3.8) is 0 Å². The van der Waals surface area contributed by atoms with E-state index in [1.165, 1.54) is 11.1 Å². The molecule has 1 amide bonds. The summed E-state index contributed by atoms with van der Waals surface area (Å²) in [4.78, 5) is 16.6. The molecule has 5 nitrogen and oxygen atoms in total. The van der Waals surface area contributed by atoms with Gasteiger partial charge in [-0.15, -0.1) is 0 Å². The molecule has 1 heterocycles. The van der Waals surface area contributed by atoms with Gasteiger partial charge in [-0.25, -0.2) is 4.79 Å². The van der Waals surface area contributed by atoms with Gasteiger partial charge in [-0.05, 0) is 81.4 Å². The van der Waals surface area contributed by atoms with Crippen molar-refractivity contribution in [3.05, 3.63) is 65.0 Å². The number of hydrogen-bond donors (Lipinski definition) is 1. The number of amides is 1. The van der Waals surface area contributed by atoms with E-state index < -0.39 is 13.9 Å². The van der Waals surface area contributed by atoms with Crippen LogP contribution < -0.4 is 5.32 Å². The van der Waals surface area contributed by atoms with Crippen molar-refractivity contribution in [2.45, 2.75) is 91.1 Å². The maximum atomic E-state index is 11.8. The summed E-state index contributed by atoms with van der Waals surface area (Å²) in [6.07, 6.45) is 2.20. The van der Waals surface area contributed by atoms with Gasteiger partial charge < -0.3 is 14.5 Å². The molecular weight excluding hydrogens is 428 g/mol. The van der Waals surface area contributed by atoms with Crippen molar-refractivity contribution in [3.8, 4) is 0 Å². The third-order valence-electron chi connectivity index (χ3n) is 5.99. The molecular formula is C27H42N2O3Si. The lowest BCUT2D eigenvalue weighted by Gasteiger charge is -2.36. The van der Waals surface area contributed by atoms with Gasteiger partial charge >= 0.3 is 6.09 Å². The minimum absolute atomic E-state index is 0.193. The number of rotatable bonds is 9. The highest BCUT2D eigenvalue weighted by Gasteiger charge is 2.37. The van der Waals surface area contributed by atoms with Crippen molar-refractivity contribution in [2.75, 3.05) is 6.54 Å². The highest BCUT2D eigenvalue weighted by Crippen LogP contribution is 2.36. The Morgan fingerprint density at radius 2 is 1.52 bits per heavy atom. The lowest BCUT2D eigenvalue weighted by molar-refractivity contribution is 0.0528. The second-order valence-electron chi connectivity index (χ2n) is 11.2. The summed E-state index contributed by atoms with van der Waals surface area (Å²) in [6.45, 7) is 18.0. The van der Waals surface area contributed by atoms with E-state index in [9.17, 15) is 4.79 Å². The molecule has 182 valence electrons. The van der Waals surface area contributed by atoms with Crippen molar-refractivity contribution in [1.29, 1.82) is 0 Å². The number of nitrogens with one attached hydrogen (secondary N) is 1. The number of carbonyl (C=O) groups is 1. The van der Waals surface area contributed by atoms with E-state index in [2.05, 4.69) is 81.6 Å². The smallest absolute Gasteiger partial charge is 0.407 e. The molecule has 0 radical (unpaired) electrons. The summed E-state index contributed by atoms with van der Waals surface area (Å²) in [5.74, 6) is 0. The first-order chi connectivity index (χ1) is 15.2. The molecule has 0 bridgehead atoms. The van der Waals surface area contributed by atoms with Crippen LogP contribution in [-0.2, 0) is 35.0 Å². The Balaban J connectivity index is 1.86. The molecule has 0 unspecified atom stereocenters. The van der Waals surface area contributed by atoms with Crippen LogP contribution >= 0.6 is 0 Å². The normalized spacial score (nSPS) is 12.5. The first-order valence-corrected chi connectivity index (χ1v) is 14.8. The van der Waals surface area contributed by atoms with E-state index in [0.717, 1.165) is 30.7 Å². The van der Waals surface area contributed by atoms with Gasteiger partial charge in [0, 0.05) is 12.2 Å². The monoisotopic (exact) mass is 470 g/mol. The fourth-order valence-electron chi connectivity index (χ4n) is 3.06. The maximum absolute atomic E-state index is 11.8. The first-order valence-electron chi connectivity index (χ1n) is 11.9. The van der Waals surface area contributed by atoms with Gasteiger partial charge in [0.05, 0.1) is 12.3 Å². The molecule has 2 aromatic rings. The maximum Gasteiger partial charge on any atom is 0.407 e. The molecule has 0 spiro atoms. The van der Waals surface area contributed by atoms with Crippen molar-refractivity contribution in [1.82, 2.24) is 10.3 Å². The Hall–Kier alpha value is -2.18. The summed E-state index contributed by atoms with van der Waals surface area (Å²) in [7, 11) is -1.79. The molecule has 0 aliphatic carbocycles. The molecule has 0 atom stereocenters. The van der Waals surface area contributed by atoms with Crippen molar-refractivity contribution in [2.24, 2.45) is 0 Å². The quantitative estimate of drug-likeness (QED) is 0.428. The van der Waals surface area contributed by atoms with Crippen LogP contribution in [0.1, 0.15) is 64.1 Å². The Kier molecular flexibility index (Phi) is 9.26. The van der Waals surface area contributed by atoms with Crippen LogP contribution in [-0.4, -0.2) is 31.5 Å². The van der Waals surface area contributed by atoms with Crippen LogP contribution in [0.3, 0.4) is 0 Å². The standard InChI is InChI=1S/C27H42N2O3Si/c1-26(2,3)32-25(30)28-18-17-22-12-9-11-21(19-22)15-16-23-13-10-14-24(29-23)20-31-33(7,8)27(4,5)6/h9-14,19H,15-18,20H2,1-8H3,(H,28,30). The average molecular weight is 471 g/mol. The summed E-state index contributed by atoms with van der Waals surface area (Å²) >= 11 is 0. The molecule has 2 rings (SSSR count). The highest BCUT2D eigenvalue weighted by atomic mass is 28.4. The molecule has 0 saturated carbocycles. The van der Waals surface area contributed by atoms with Crippen LogP contribution in [0.25, 0.3) is 0 Å². The molecule has 0 fully saturated rings. The van der Waals surface area contributed by atoms with Gasteiger partial charge in [-0.1, -0.05) is 51.1 Å². The number of nitrogens with zero attached hydrogens (tertiary/aromatic N) is 1. The van der Waals surface area contributed by atoms with Gasteiger partial charge in [0.25, 0.3) is 0 Å². The third-order valence-corrected chi connectivity index (χ3v) is 10.5. The van der Waals surface area contributed by atoms with E-state index in [1.807, 2.05) is 20.8 Å². The van der Waals surface area contributed by atoms with Crippen molar-refractivity contribution >= 4 is 14.4 Å². The topological polar surface area (TPSA) is 60.5 Å². The predicted molar refractivity (Wildman–Crippen MR) is 138 cm³/mol. The summed E-state index contributed by atoms with van der Waals surface area (Å²) < 4.78 is 11.6. The van der Waals surface area contributed by atoms with Gasteiger partial charge in [0.2, 0.25) is 0 Å². The third kappa shape index (κ3) is 9.68. The number of alkyl carbamates (subject to hydrolysis) is 1. The molecule has 6 heteroatoms. The second kappa shape index (κ2) is 11.3. The predicted octanol–water partition coefficient (Wildman–Crippen LogP) is 6.46. The molecule has 1 aromatic carbocycles. The van der Waals surface area contributed by atoms with Crippen LogP contribution in [0.2, 0.25) is 18.1 Å². The summed E-state index contributed by atoms with van der Waals surface area (Å²) in [6, 6.07) is 14.7. The van der Waals surface area contributed by atoms with E-state index in [0.29, 0.717) is 13.2 Å². The molecule has 0 aliphatic heterocycles. The molecule has 1 N–H and O–H groups in total. The highest BCUT2D eigenvalue weighted by molar-refractivity contribution is 6.74. The van der Waals surface area contributed by atoms with Gasteiger partial charge in [0.15, 0.2) is 8.32 Å². The molecule has 0 aliphatic rings. The minimum atomic E-state index is -1.79. The fourth-order valence-corrected chi connectivity index (χ4v) is 4.00. The second-order valence-corrected chi connectivity index (χ2v) is 16.0. The van der Waals surface area contributed by atoms with E-state index in [1.54, 1.807) is 0 Å². The zero-order valence-corrected chi connectivity index (χ0v) is 22.7. The summed E-state index contributed by atoms with van der Waals surface area (Å²) in [5, 5.41) is 3.02. The Bertz CT molecular complexity index is 914. The lowest BCUT2D eigenvalue weighted by Crippen LogP contribution is -2.40. The van der Waals surface area contributed by atoms with Gasteiger partial charge in [0.1, 0.15) is 5.60 Å². The van der Waals surface area contributed by atoms with Gasteiger partial charge in [-0.2, -0.15) is 0 Å². The number of benzene rings is 1. The van der Waals surface area contributed by atoms with E-state index >= 15 is 0 Å². The van der Waals surface area contributed by atoms with Crippen molar-refractivity contribution < 1.29 is 14.0 Å². The zero-order chi connectivity index (χ0) is 24.7. The number of aryl methyl sites for hydroxylation is 2. The minimum Gasteiger partial charge on any atom is -0.444 e. The largest absolute Gasteiger partial charge is 0.444 e. The van der Waals surface area contributed by atoms with Crippen LogP contribution in [0.15, 0.2) is 42.5 Å². The van der Waals surface area contributed by atoms with E-state index in [-0.39, 0.29) is 11.1 Å². The molecule has 1 aromatic heterocycles. The molecule has 0 saturated heterocycles. The Labute approximate surface area is 201 Å². The number of carbonyl (C=O) groups excluding carboxylic acids is 1. The Morgan fingerprint density at radius 1 is 0.909 bits per heavy atom. The average Bonchev–Trinajstić information content (AvgIpc) is 2.69. The van der Waals surface area contributed by atoms with Crippen LogP contribution in [0, 0.1) is 0 Å².